The number of carbonyl (C=O) groups is 2. The molecular weight excluding hydrogens is 292 g/mol. The predicted octanol–water partition coefficient (Wildman–Crippen LogP) is 3.32. The summed E-state index contributed by atoms with van der Waals surface area (Å²) in [7, 11) is 0. The summed E-state index contributed by atoms with van der Waals surface area (Å²) in [5.74, 6) is 1.01. The van der Waals surface area contributed by atoms with Crippen LogP contribution in [-0.2, 0) is 4.74 Å². The first-order valence-electron chi connectivity index (χ1n) is 8.56. The second kappa shape index (κ2) is 5.87. The van der Waals surface area contributed by atoms with Crippen LogP contribution in [0.2, 0.25) is 0 Å². The molecule has 3 aliphatic carbocycles. The number of carbonyl (C=O) groups excluding carboxylic acids is 2. The molecule has 23 heavy (non-hydrogen) atoms. The number of anilines is 1. The molecule has 0 saturated heterocycles. The van der Waals surface area contributed by atoms with Crippen molar-refractivity contribution in [2.45, 2.75) is 50.7 Å². The molecule has 0 aliphatic heterocycles. The van der Waals surface area contributed by atoms with Gasteiger partial charge in [0.15, 0.2) is 0 Å². The maximum Gasteiger partial charge on any atom is 0.338 e. The lowest BCUT2D eigenvalue weighted by Crippen LogP contribution is -2.30. The molecule has 0 radical (unpaired) electrons. The molecule has 1 aromatic rings. The molecule has 0 spiro atoms. The Balaban J connectivity index is 1.37. The lowest BCUT2D eigenvalue weighted by atomic mass is 9.98. The maximum absolute atomic E-state index is 12.4. The monoisotopic (exact) mass is 314 g/mol. The molecule has 3 fully saturated rings. The molecule has 5 nitrogen and oxygen atoms in total. The zero-order valence-electron chi connectivity index (χ0n) is 13.1. The molecule has 3 aliphatic rings. The Kier molecular flexibility index (Phi) is 3.71. The molecule has 0 heterocycles. The van der Waals surface area contributed by atoms with Gasteiger partial charge in [0.05, 0.1) is 5.56 Å². The summed E-state index contributed by atoms with van der Waals surface area (Å²) in [4.78, 5) is 24.1. The third-order valence-electron chi connectivity index (χ3n) is 5.20. The first kappa shape index (κ1) is 14.5. The number of nitrogens with one attached hydrogen (secondary N) is 2. The molecule has 2 N–H and O–H groups in total. The van der Waals surface area contributed by atoms with Crippen molar-refractivity contribution in [2.75, 3.05) is 5.32 Å². The first-order chi connectivity index (χ1) is 11.2. The van der Waals surface area contributed by atoms with Crippen LogP contribution in [0.15, 0.2) is 24.3 Å². The summed E-state index contributed by atoms with van der Waals surface area (Å²) in [6, 6.07) is 7.05. The Bertz CT molecular complexity index is 626. The number of benzene rings is 1. The Labute approximate surface area is 135 Å². The van der Waals surface area contributed by atoms with E-state index in [-0.39, 0.29) is 18.1 Å². The van der Waals surface area contributed by atoms with E-state index in [1.54, 1.807) is 24.3 Å². The number of hydrogen-bond acceptors (Lipinski definition) is 3. The zero-order chi connectivity index (χ0) is 15.8. The van der Waals surface area contributed by atoms with E-state index in [9.17, 15) is 9.59 Å². The smallest absolute Gasteiger partial charge is 0.338 e. The van der Waals surface area contributed by atoms with Gasteiger partial charge in [0.2, 0.25) is 0 Å². The molecule has 0 aromatic heterocycles. The van der Waals surface area contributed by atoms with Crippen molar-refractivity contribution < 1.29 is 14.3 Å². The number of urea groups is 1. The van der Waals surface area contributed by atoms with Crippen LogP contribution in [0.3, 0.4) is 0 Å². The van der Waals surface area contributed by atoms with E-state index >= 15 is 0 Å². The number of ether oxygens (including phenoxy) is 1. The first-order valence-corrected chi connectivity index (χ1v) is 8.56. The lowest BCUT2D eigenvalue weighted by Gasteiger charge is -2.22. The van der Waals surface area contributed by atoms with Crippen LogP contribution in [0.1, 0.15) is 48.9 Å². The van der Waals surface area contributed by atoms with Crippen LogP contribution >= 0.6 is 0 Å². The number of esters is 1. The molecule has 4 rings (SSSR count). The van der Waals surface area contributed by atoms with Gasteiger partial charge in [-0.25, -0.2) is 9.59 Å². The fourth-order valence-electron chi connectivity index (χ4n) is 3.84. The maximum atomic E-state index is 12.4. The van der Waals surface area contributed by atoms with Gasteiger partial charge in [-0.2, -0.15) is 0 Å². The van der Waals surface area contributed by atoms with E-state index in [0.717, 1.165) is 25.2 Å². The second-order valence-electron chi connectivity index (χ2n) is 7.07. The summed E-state index contributed by atoms with van der Waals surface area (Å²) in [5, 5.41) is 5.63. The summed E-state index contributed by atoms with van der Waals surface area (Å²) in [6.07, 6.45) is 6.86. The molecule has 122 valence electrons. The Morgan fingerprint density at radius 1 is 1.09 bits per heavy atom. The third-order valence-corrected chi connectivity index (χ3v) is 5.20. The lowest BCUT2D eigenvalue weighted by molar-refractivity contribution is 0.0158. The fourth-order valence-corrected chi connectivity index (χ4v) is 3.84. The van der Waals surface area contributed by atoms with Crippen LogP contribution in [0.4, 0.5) is 10.5 Å². The molecule has 3 atom stereocenters. The zero-order valence-corrected chi connectivity index (χ0v) is 13.1. The van der Waals surface area contributed by atoms with E-state index in [2.05, 4.69) is 10.6 Å². The minimum Gasteiger partial charge on any atom is -0.458 e. The predicted molar refractivity (Wildman–Crippen MR) is 86.3 cm³/mol. The highest BCUT2D eigenvalue weighted by Crippen LogP contribution is 2.46. The van der Waals surface area contributed by atoms with Crippen LogP contribution in [0.25, 0.3) is 0 Å². The SMILES string of the molecule is O=C(Nc1cccc(C(=O)O[C@@H]2C[C@H]3CC[C@H]2C3)c1)NC1CC1. The Hall–Kier alpha value is -2.04. The van der Waals surface area contributed by atoms with Gasteiger partial charge in [0, 0.05) is 11.7 Å². The molecule has 5 heteroatoms. The number of fused-ring (bicyclic) bond motifs is 2. The van der Waals surface area contributed by atoms with Gasteiger partial charge in [-0.15, -0.1) is 0 Å². The number of rotatable bonds is 4. The largest absolute Gasteiger partial charge is 0.458 e. The van der Waals surface area contributed by atoms with E-state index in [4.69, 9.17) is 4.74 Å². The topological polar surface area (TPSA) is 67.4 Å². The summed E-state index contributed by atoms with van der Waals surface area (Å²) in [5.41, 5.74) is 1.11. The highest BCUT2D eigenvalue weighted by molar-refractivity contribution is 5.94. The van der Waals surface area contributed by atoms with Crippen molar-refractivity contribution in [3.63, 3.8) is 0 Å². The molecular formula is C18H22N2O3. The van der Waals surface area contributed by atoms with Crippen molar-refractivity contribution in [3.8, 4) is 0 Å². The van der Waals surface area contributed by atoms with Crippen molar-refractivity contribution in [3.05, 3.63) is 29.8 Å². The van der Waals surface area contributed by atoms with E-state index < -0.39 is 0 Å². The normalized spacial score (nSPS) is 28.4. The Morgan fingerprint density at radius 3 is 2.65 bits per heavy atom. The molecule has 1 aromatic carbocycles. The molecule has 0 unspecified atom stereocenters. The summed E-state index contributed by atoms with van der Waals surface area (Å²) in [6.45, 7) is 0. The van der Waals surface area contributed by atoms with Gasteiger partial charge >= 0.3 is 12.0 Å². The molecule has 2 bridgehead atoms. The Morgan fingerprint density at radius 2 is 1.96 bits per heavy atom. The van der Waals surface area contributed by atoms with Crippen molar-refractivity contribution >= 4 is 17.7 Å². The van der Waals surface area contributed by atoms with Gasteiger partial charge in [0.25, 0.3) is 0 Å². The number of amides is 2. The van der Waals surface area contributed by atoms with Crippen LogP contribution in [-0.4, -0.2) is 24.1 Å². The highest BCUT2D eigenvalue weighted by Gasteiger charge is 2.41. The van der Waals surface area contributed by atoms with Gasteiger partial charge in [-0.05, 0) is 68.6 Å². The number of hydrogen-bond donors (Lipinski definition) is 2. The average molecular weight is 314 g/mol. The van der Waals surface area contributed by atoms with Gasteiger partial charge in [-0.3, -0.25) is 0 Å². The van der Waals surface area contributed by atoms with E-state index in [1.807, 2.05) is 0 Å². The molecule has 2 amide bonds. The minimum absolute atomic E-state index is 0.0797. The van der Waals surface area contributed by atoms with E-state index in [1.165, 1.54) is 19.3 Å². The van der Waals surface area contributed by atoms with E-state index in [0.29, 0.717) is 23.2 Å². The molecule has 3 saturated carbocycles. The standard InChI is InChI=1S/C18H22N2O3/c21-17(23-16-9-11-4-5-12(16)8-11)13-2-1-3-15(10-13)20-18(22)19-14-6-7-14/h1-3,10-12,14,16H,4-9H2,(H2,19,20,22)/t11-,12-,16+/m0/s1. The fraction of sp³-hybridized carbons (Fsp3) is 0.556. The van der Waals surface area contributed by atoms with Gasteiger partial charge in [0.1, 0.15) is 6.10 Å². The highest BCUT2D eigenvalue weighted by atomic mass is 16.5. The van der Waals surface area contributed by atoms with Crippen LogP contribution in [0.5, 0.6) is 0 Å². The van der Waals surface area contributed by atoms with Crippen molar-refractivity contribution in [1.82, 2.24) is 5.32 Å². The third kappa shape index (κ3) is 3.33. The average Bonchev–Trinajstić information content (AvgIpc) is 3.09. The van der Waals surface area contributed by atoms with Gasteiger partial charge < -0.3 is 15.4 Å². The summed E-state index contributed by atoms with van der Waals surface area (Å²) < 4.78 is 5.70. The summed E-state index contributed by atoms with van der Waals surface area (Å²) >= 11 is 0. The van der Waals surface area contributed by atoms with Crippen LogP contribution < -0.4 is 10.6 Å². The minimum atomic E-state index is -0.284. The van der Waals surface area contributed by atoms with Gasteiger partial charge in [-0.1, -0.05) is 6.07 Å². The quantitative estimate of drug-likeness (QED) is 0.838. The van der Waals surface area contributed by atoms with Crippen molar-refractivity contribution in [1.29, 1.82) is 0 Å². The van der Waals surface area contributed by atoms with Crippen molar-refractivity contribution in [2.24, 2.45) is 11.8 Å². The second-order valence-corrected chi connectivity index (χ2v) is 7.07. The van der Waals surface area contributed by atoms with Crippen LogP contribution in [0, 0.1) is 11.8 Å².